The van der Waals surface area contributed by atoms with E-state index in [0.29, 0.717) is 51.9 Å². The zero-order chi connectivity index (χ0) is 27.4. The molecule has 1 amide bonds. The summed E-state index contributed by atoms with van der Waals surface area (Å²) in [7, 11) is 4.65. The number of methoxy groups -OCH3 is 1. The molecule has 0 atom stereocenters. The molecular weight excluding hydrogens is 490 g/mol. The van der Waals surface area contributed by atoms with Gasteiger partial charge in [-0.1, -0.05) is 12.1 Å². The van der Waals surface area contributed by atoms with Crippen molar-refractivity contribution in [3.8, 4) is 5.75 Å². The lowest BCUT2D eigenvalue weighted by molar-refractivity contribution is 0.0951. The highest BCUT2D eigenvalue weighted by atomic mass is 16.5. The molecule has 8 N–H and O–H groups in total. The number of carbonyl (C=O) groups is 1. The molecule has 0 radical (unpaired) electrons. The van der Waals surface area contributed by atoms with Gasteiger partial charge in [-0.2, -0.15) is 0 Å². The Balaban J connectivity index is 1.77. The van der Waals surface area contributed by atoms with Crippen molar-refractivity contribution in [3.63, 3.8) is 0 Å². The Hall–Kier alpha value is -5.11. The van der Waals surface area contributed by atoms with Crippen LogP contribution in [0.4, 0.5) is 23.0 Å². The van der Waals surface area contributed by atoms with Crippen LogP contribution in [-0.2, 0) is 7.05 Å². The molecule has 0 fully saturated rings. The van der Waals surface area contributed by atoms with Gasteiger partial charge in [-0.3, -0.25) is 19.4 Å². The average molecular weight is 520 g/mol. The number of amidine groups is 1. The molecule has 1 aromatic carbocycles. The van der Waals surface area contributed by atoms with E-state index in [2.05, 4.69) is 36.1 Å². The summed E-state index contributed by atoms with van der Waals surface area (Å²) in [5.41, 5.74) is 7.92. The summed E-state index contributed by atoms with van der Waals surface area (Å²) in [4.78, 5) is 34.0. The standard InChI is InChI=1S/C24H29N11O3/c1-5-27-23(36)15-10-7-11-17(29-15)30-18-12-16(19-22(31-18)33-34(2)24(19)37)28-14-9-6-8-13(20(14)38-4)21(25)32-35(3)26/h6-12H,5,26H2,1-4H3,(H2,25,32)(H,27,36)(H3,28,29,30,31,33). The SMILES string of the molecule is CCNC(=O)c1cccc(Nc2cc(Nc3cccc(/C(N)=N/N(C)N)c3OC)c3c(=O)n(C)[nH]c3n2)n1. The number of anilines is 4. The first-order valence-electron chi connectivity index (χ1n) is 11.6. The van der Waals surface area contributed by atoms with Gasteiger partial charge in [0, 0.05) is 26.7 Å². The normalized spacial score (nSPS) is 11.3. The van der Waals surface area contributed by atoms with Gasteiger partial charge >= 0.3 is 0 Å². The third-order valence-corrected chi connectivity index (χ3v) is 5.42. The number of hydrogen-bond acceptors (Lipinski definition) is 10. The molecule has 0 saturated carbocycles. The molecule has 0 saturated heterocycles. The number of hydrazone groups is 1. The number of aromatic amines is 1. The zero-order valence-electron chi connectivity index (χ0n) is 21.4. The molecule has 0 aliphatic heterocycles. The summed E-state index contributed by atoms with van der Waals surface area (Å²) >= 11 is 0. The van der Waals surface area contributed by atoms with E-state index in [0.717, 1.165) is 5.12 Å². The van der Waals surface area contributed by atoms with Gasteiger partial charge in [-0.05, 0) is 31.2 Å². The van der Waals surface area contributed by atoms with Crippen LogP contribution in [0.25, 0.3) is 11.0 Å². The summed E-state index contributed by atoms with van der Waals surface area (Å²) in [5.74, 6) is 6.65. The second-order valence-corrected chi connectivity index (χ2v) is 8.22. The predicted molar refractivity (Wildman–Crippen MR) is 146 cm³/mol. The number of para-hydroxylation sites is 1. The molecule has 3 aromatic heterocycles. The van der Waals surface area contributed by atoms with Crippen molar-refractivity contribution in [2.24, 2.45) is 23.7 Å². The second-order valence-electron chi connectivity index (χ2n) is 8.22. The van der Waals surface area contributed by atoms with Crippen LogP contribution < -0.4 is 37.8 Å². The minimum Gasteiger partial charge on any atom is -0.494 e. The van der Waals surface area contributed by atoms with E-state index >= 15 is 0 Å². The van der Waals surface area contributed by atoms with Crippen molar-refractivity contribution >= 4 is 45.8 Å². The molecule has 198 valence electrons. The Bertz CT molecular complexity index is 1570. The Morgan fingerprint density at radius 3 is 2.63 bits per heavy atom. The number of hydrazine groups is 1. The molecule has 14 nitrogen and oxygen atoms in total. The molecule has 4 rings (SSSR count). The number of aromatic nitrogens is 4. The minimum absolute atomic E-state index is 0.147. The summed E-state index contributed by atoms with van der Waals surface area (Å²) in [6.45, 7) is 2.31. The van der Waals surface area contributed by atoms with Crippen molar-refractivity contribution in [1.29, 1.82) is 0 Å². The Morgan fingerprint density at radius 1 is 1.16 bits per heavy atom. The second kappa shape index (κ2) is 10.9. The predicted octanol–water partition coefficient (Wildman–Crippen LogP) is 1.33. The van der Waals surface area contributed by atoms with E-state index in [1.807, 2.05) is 6.92 Å². The van der Waals surface area contributed by atoms with Crippen LogP contribution >= 0.6 is 0 Å². The highest BCUT2D eigenvalue weighted by molar-refractivity contribution is 6.02. The fourth-order valence-electron chi connectivity index (χ4n) is 3.82. The number of aryl methyl sites for hydroxylation is 1. The largest absolute Gasteiger partial charge is 0.494 e. The van der Waals surface area contributed by atoms with Crippen LogP contribution in [0, 0.1) is 0 Å². The number of carbonyl (C=O) groups excluding carboxylic acids is 1. The van der Waals surface area contributed by atoms with E-state index in [9.17, 15) is 9.59 Å². The summed E-state index contributed by atoms with van der Waals surface area (Å²) in [6.07, 6.45) is 0. The van der Waals surface area contributed by atoms with Crippen LogP contribution in [0.2, 0.25) is 0 Å². The maximum absolute atomic E-state index is 12.9. The number of pyridine rings is 2. The molecule has 0 aliphatic carbocycles. The van der Waals surface area contributed by atoms with Gasteiger partial charge in [-0.25, -0.2) is 20.9 Å². The third kappa shape index (κ3) is 5.34. The molecule has 0 unspecified atom stereocenters. The topological polar surface area (TPSA) is 194 Å². The van der Waals surface area contributed by atoms with Gasteiger partial charge < -0.3 is 26.4 Å². The molecule has 4 aromatic rings. The maximum Gasteiger partial charge on any atom is 0.277 e. The van der Waals surface area contributed by atoms with E-state index < -0.39 is 0 Å². The minimum atomic E-state index is -0.287. The molecular formula is C24H29N11O3. The van der Waals surface area contributed by atoms with Crippen LogP contribution in [-0.4, -0.2) is 57.3 Å². The van der Waals surface area contributed by atoms with Gasteiger partial charge in [0.1, 0.15) is 22.7 Å². The third-order valence-electron chi connectivity index (χ3n) is 5.42. The molecule has 3 heterocycles. The lowest BCUT2D eigenvalue weighted by atomic mass is 10.1. The number of H-pyrrole nitrogens is 1. The monoisotopic (exact) mass is 519 g/mol. The van der Waals surface area contributed by atoms with E-state index in [4.69, 9.17) is 16.3 Å². The number of nitrogens with two attached hydrogens (primary N) is 2. The summed E-state index contributed by atoms with van der Waals surface area (Å²) in [5, 5.41) is 17.5. The van der Waals surface area contributed by atoms with Gasteiger partial charge in [-0.15, -0.1) is 5.10 Å². The molecule has 0 bridgehead atoms. The van der Waals surface area contributed by atoms with Gasteiger partial charge in [0.15, 0.2) is 17.2 Å². The number of nitrogens with zero attached hydrogens (tertiary/aromatic N) is 5. The molecule has 38 heavy (non-hydrogen) atoms. The number of amides is 1. The van der Waals surface area contributed by atoms with Crippen molar-refractivity contribution in [3.05, 3.63) is 64.1 Å². The fourth-order valence-corrected chi connectivity index (χ4v) is 3.82. The smallest absolute Gasteiger partial charge is 0.277 e. The Labute approximate surface area is 217 Å². The van der Waals surface area contributed by atoms with Gasteiger partial charge in [0.05, 0.1) is 24.0 Å². The molecule has 0 aliphatic rings. The quantitative estimate of drug-likeness (QED) is 0.0813. The number of rotatable bonds is 9. The van der Waals surface area contributed by atoms with Crippen molar-refractivity contribution in [2.75, 3.05) is 31.3 Å². The van der Waals surface area contributed by atoms with Crippen molar-refractivity contribution < 1.29 is 9.53 Å². The van der Waals surface area contributed by atoms with E-state index in [1.165, 1.54) is 11.8 Å². The van der Waals surface area contributed by atoms with Crippen LogP contribution in [0.3, 0.4) is 0 Å². The average Bonchev–Trinajstić information content (AvgIpc) is 3.16. The number of hydrogen-bond donors (Lipinski definition) is 6. The number of nitrogens with one attached hydrogen (secondary N) is 4. The Morgan fingerprint density at radius 2 is 1.92 bits per heavy atom. The molecule has 14 heteroatoms. The highest BCUT2D eigenvalue weighted by Crippen LogP contribution is 2.34. The lowest BCUT2D eigenvalue weighted by Gasteiger charge is -2.16. The summed E-state index contributed by atoms with van der Waals surface area (Å²) in [6, 6.07) is 12.0. The first-order chi connectivity index (χ1) is 18.2. The van der Waals surface area contributed by atoms with Crippen LogP contribution in [0.15, 0.2) is 52.4 Å². The van der Waals surface area contributed by atoms with Crippen LogP contribution in [0.5, 0.6) is 5.75 Å². The van der Waals surface area contributed by atoms with E-state index in [1.54, 1.807) is 56.6 Å². The fraction of sp³-hybridized carbons (Fsp3) is 0.208. The molecule has 0 spiro atoms. The van der Waals surface area contributed by atoms with Crippen molar-refractivity contribution in [2.45, 2.75) is 6.92 Å². The lowest BCUT2D eigenvalue weighted by Crippen LogP contribution is -2.26. The first-order valence-corrected chi connectivity index (χ1v) is 11.6. The zero-order valence-corrected chi connectivity index (χ0v) is 21.4. The van der Waals surface area contributed by atoms with Gasteiger partial charge in [0.25, 0.3) is 11.5 Å². The summed E-state index contributed by atoms with van der Waals surface area (Å²) < 4.78 is 6.96. The number of ether oxygens (including phenoxy) is 1. The van der Waals surface area contributed by atoms with Crippen LogP contribution in [0.1, 0.15) is 23.0 Å². The Kier molecular flexibility index (Phi) is 7.43. The van der Waals surface area contributed by atoms with Crippen molar-refractivity contribution in [1.82, 2.24) is 30.2 Å². The number of benzene rings is 1. The highest BCUT2D eigenvalue weighted by Gasteiger charge is 2.18. The number of fused-ring (bicyclic) bond motifs is 1. The van der Waals surface area contributed by atoms with Gasteiger partial charge in [0.2, 0.25) is 0 Å². The maximum atomic E-state index is 12.9. The first kappa shape index (κ1) is 26.0. The van der Waals surface area contributed by atoms with E-state index in [-0.39, 0.29) is 23.0 Å².